The van der Waals surface area contributed by atoms with Gasteiger partial charge in [-0.15, -0.1) is 4.98 Å². The van der Waals surface area contributed by atoms with Gasteiger partial charge in [-0.25, -0.2) is 13.2 Å². The summed E-state index contributed by atoms with van der Waals surface area (Å²) in [5.41, 5.74) is 0.107. The van der Waals surface area contributed by atoms with Crippen LogP contribution in [0.5, 0.6) is 11.8 Å². The highest BCUT2D eigenvalue weighted by atomic mass is 32.3. The summed E-state index contributed by atoms with van der Waals surface area (Å²) in [6, 6.07) is 2.36. The van der Waals surface area contributed by atoms with Crippen molar-refractivity contribution in [2.75, 3.05) is 6.61 Å². The summed E-state index contributed by atoms with van der Waals surface area (Å²) in [5, 5.41) is 18.0. The number of esters is 1. The van der Waals surface area contributed by atoms with Crippen molar-refractivity contribution in [3.05, 3.63) is 17.7 Å². The predicted octanol–water partition coefficient (Wildman–Crippen LogP) is -0.907. The minimum atomic E-state index is -4.92. The molecule has 0 aliphatic carbocycles. The highest BCUT2D eigenvalue weighted by molar-refractivity contribution is 7.79. The maximum atomic E-state index is 11.1. The first-order chi connectivity index (χ1) is 8.13. The number of aromatic amines is 1. The molecule has 0 aliphatic heterocycles. The lowest BCUT2D eigenvalue weighted by Crippen LogP contribution is -2.09. The molecule has 0 radical (unpaired) electrons. The first-order valence-corrected chi connectivity index (χ1v) is 5.80. The molecule has 9 nitrogen and oxygen atoms in total. The molecule has 0 saturated carbocycles. The molecule has 1 rings (SSSR count). The molecule has 0 aliphatic rings. The Morgan fingerprint density at radius 3 is 2.11 bits per heavy atom. The van der Waals surface area contributed by atoms with Gasteiger partial charge >= 0.3 is 17.7 Å². The van der Waals surface area contributed by atoms with Gasteiger partial charge in [0.2, 0.25) is 10.4 Å². The second kappa shape index (κ2) is 6.74. The lowest BCUT2D eigenvalue weighted by atomic mass is 10.2. The van der Waals surface area contributed by atoms with E-state index in [1.54, 1.807) is 6.92 Å². The smallest absolute Gasteiger partial charge is 0.367 e. The van der Waals surface area contributed by atoms with Crippen LogP contribution in [0.2, 0.25) is 0 Å². The Morgan fingerprint density at radius 2 is 1.78 bits per heavy atom. The van der Waals surface area contributed by atoms with Crippen LogP contribution in [0.15, 0.2) is 12.1 Å². The van der Waals surface area contributed by atoms with Crippen molar-refractivity contribution in [2.24, 2.45) is 0 Å². The number of aromatic nitrogens is 1. The van der Waals surface area contributed by atoms with Crippen molar-refractivity contribution >= 4 is 16.4 Å². The molecule has 18 heavy (non-hydrogen) atoms. The van der Waals surface area contributed by atoms with E-state index >= 15 is 0 Å². The van der Waals surface area contributed by atoms with Crippen LogP contribution < -0.4 is 4.98 Å². The zero-order chi connectivity index (χ0) is 14.3. The van der Waals surface area contributed by atoms with E-state index in [-0.39, 0.29) is 23.9 Å². The zero-order valence-corrected chi connectivity index (χ0v) is 9.97. The van der Waals surface area contributed by atoms with E-state index in [2.05, 4.69) is 9.72 Å². The van der Waals surface area contributed by atoms with Gasteiger partial charge in [-0.1, -0.05) is 0 Å². The van der Waals surface area contributed by atoms with E-state index in [1.165, 1.54) is 12.1 Å². The molecule has 1 aromatic heterocycles. The topological polar surface area (TPSA) is 158 Å². The van der Waals surface area contributed by atoms with Crippen LogP contribution >= 0.6 is 0 Å². The monoisotopic (exact) mass is 281 g/mol. The fraction of sp³-hybridized carbons (Fsp3) is 0.250. The number of aromatic hydroxyl groups is 2. The summed E-state index contributed by atoms with van der Waals surface area (Å²) in [5.74, 6) is -1.16. The number of H-pyrrole nitrogens is 1. The average Bonchev–Trinajstić information content (AvgIpc) is 2.13. The molecule has 0 atom stereocenters. The number of carbonyl (C=O) groups excluding carboxylic acids is 1. The molecule has 0 aromatic carbocycles. The first-order valence-electron chi connectivity index (χ1n) is 4.44. The summed E-state index contributed by atoms with van der Waals surface area (Å²) in [6.07, 6.45) is 0. The van der Waals surface area contributed by atoms with Gasteiger partial charge in [0.05, 0.1) is 24.3 Å². The highest BCUT2D eigenvalue weighted by Crippen LogP contribution is 2.11. The second-order valence-corrected chi connectivity index (χ2v) is 3.64. The second-order valence-electron chi connectivity index (χ2n) is 2.79. The van der Waals surface area contributed by atoms with Crippen LogP contribution in [0.3, 0.4) is 0 Å². The molecule has 0 spiro atoms. The molecule has 10 heteroatoms. The molecular formula is C8H11NO8S. The Morgan fingerprint density at radius 1 is 1.39 bits per heavy atom. The van der Waals surface area contributed by atoms with Crippen molar-refractivity contribution < 1.29 is 42.3 Å². The number of hydrogen-bond donors (Lipinski definition) is 3. The molecule has 0 fully saturated rings. The number of pyridine rings is 1. The first kappa shape index (κ1) is 16.1. The fourth-order valence-corrected chi connectivity index (χ4v) is 0.872. The molecule has 1 aromatic rings. The van der Waals surface area contributed by atoms with Crippen LogP contribution in [-0.2, 0) is 15.1 Å². The van der Waals surface area contributed by atoms with E-state index in [9.17, 15) is 4.79 Å². The van der Waals surface area contributed by atoms with Crippen molar-refractivity contribution in [3.63, 3.8) is 0 Å². The van der Waals surface area contributed by atoms with Crippen molar-refractivity contribution in [3.8, 4) is 11.8 Å². The lowest BCUT2D eigenvalue weighted by Gasteiger charge is -1.99. The Hall–Kier alpha value is -1.91. The molecular weight excluding hydrogens is 270 g/mol. The zero-order valence-electron chi connectivity index (χ0n) is 9.15. The predicted molar refractivity (Wildman–Crippen MR) is 54.6 cm³/mol. The van der Waals surface area contributed by atoms with E-state index < -0.39 is 16.4 Å². The molecule has 0 amide bonds. The Labute approximate surface area is 102 Å². The maximum Gasteiger partial charge on any atom is 0.367 e. The molecule has 0 saturated heterocycles. The van der Waals surface area contributed by atoms with Crippen LogP contribution in [0.4, 0.5) is 0 Å². The number of carbonyl (C=O) groups is 1. The SMILES string of the molecule is CCOC(=O)c1cc(O)[nH+]c(O)c1.O=S(=O)([O-])O. The van der Waals surface area contributed by atoms with E-state index in [0.29, 0.717) is 0 Å². The van der Waals surface area contributed by atoms with Crippen molar-refractivity contribution in [2.45, 2.75) is 6.92 Å². The molecule has 4 N–H and O–H groups in total. The fourth-order valence-electron chi connectivity index (χ4n) is 0.872. The van der Waals surface area contributed by atoms with Gasteiger partial charge in [0.1, 0.15) is 0 Å². The Bertz CT molecular complexity index is 484. The van der Waals surface area contributed by atoms with Crippen LogP contribution in [-0.4, -0.2) is 40.3 Å². The largest absolute Gasteiger partial charge is 0.726 e. The number of nitrogens with one attached hydrogen (secondary N) is 1. The number of ether oxygens (including phenoxy) is 1. The summed E-state index contributed by atoms with van der Waals surface area (Å²) in [6.45, 7) is 1.92. The lowest BCUT2D eigenvalue weighted by molar-refractivity contribution is -0.409. The average molecular weight is 281 g/mol. The Kier molecular flexibility index (Phi) is 6.02. The minimum Gasteiger partial charge on any atom is -0.726 e. The number of rotatable bonds is 2. The van der Waals surface area contributed by atoms with Gasteiger partial charge in [0.15, 0.2) is 0 Å². The van der Waals surface area contributed by atoms with Crippen LogP contribution in [0, 0.1) is 0 Å². The normalized spacial score (nSPS) is 10.2. The molecule has 1 heterocycles. The third-order valence-corrected chi connectivity index (χ3v) is 1.35. The Balaban J connectivity index is 0.000000494. The van der Waals surface area contributed by atoms with Crippen LogP contribution in [0.25, 0.3) is 0 Å². The summed E-state index contributed by atoms with van der Waals surface area (Å²) in [4.78, 5) is 13.3. The van der Waals surface area contributed by atoms with Gasteiger partial charge in [0.25, 0.3) is 0 Å². The van der Waals surface area contributed by atoms with Gasteiger partial charge in [0, 0.05) is 0 Å². The highest BCUT2D eigenvalue weighted by Gasteiger charge is 2.13. The third-order valence-electron chi connectivity index (χ3n) is 1.35. The van der Waals surface area contributed by atoms with Crippen molar-refractivity contribution in [1.82, 2.24) is 0 Å². The summed E-state index contributed by atoms with van der Waals surface area (Å²) < 4.78 is 37.5. The summed E-state index contributed by atoms with van der Waals surface area (Å²) in [7, 11) is -4.92. The van der Waals surface area contributed by atoms with Gasteiger partial charge in [-0.05, 0) is 6.92 Å². The molecule has 0 unspecified atom stereocenters. The van der Waals surface area contributed by atoms with Gasteiger partial charge in [-0.2, -0.15) is 0 Å². The molecule has 0 bridgehead atoms. The van der Waals surface area contributed by atoms with E-state index in [1.807, 2.05) is 0 Å². The van der Waals surface area contributed by atoms with Gasteiger partial charge < -0.3 is 19.5 Å². The van der Waals surface area contributed by atoms with Crippen LogP contribution in [0.1, 0.15) is 17.3 Å². The third kappa shape index (κ3) is 8.27. The maximum absolute atomic E-state index is 11.1. The molecule has 102 valence electrons. The minimum absolute atomic E-state index is 0.107. The van der Waals surface area contributed by atoms with E-state index in [0.717, 1.165) is 0 Å². The summed E-state index contributed by atoms with van der Waals surface area (Å²) >= 11 is 0. The van der Waals surface area contributed by atoms with E-state index in [4.69, 9.17) is 27.7 Å². The van der Waals surface area contributed by atoms with Crippen molar-refractivity contribution in [1.29, 1.82) is 0 Å². The van der Waals surface area contributed by atoms with Gasteiger partial charge in [-0.3, -0.25) is 4.55 Å². The quantitative estimate of drug-likeness (QED) is 0.357. The number of hydrogen-bond acceptors (Lipinski definition) is 7. The standard InChI is InChI=1S/C8H9NO4.H2O4S/c1-2-13-8(12)5-3-6(10)9-7(11)4-5;1-5(2,3)4/h3-4H,2H2,1H3,(H2,9,10,11);(H2,1,2,3,4).